The molecule has 0 atom stereocenters. The van der Waals surface area contributed by atoms with E-state index in [1.54, 1.807) is 0 Å². The van der Waals surface area contributed by atoms with Gasteiger partial charge < -0.3 is 7.96 Å². The van der Waals surface area contributed by atoms with Gasteiger partial charge in [0.25, 0.3) is 0 Å². The maximum Gasteiger partial charge on any atom is 2.00 e. The number of carboxylic acids is 1. The number of allylic oxidation sites excluding steroid dienone is 2. The monoisotopic (exact) mass is 308 g/mol. The van der Waals surface area contributed by atoms with Crippen molar-refractivity contribution in [3.05, 3.63) is 12.2 Å². The van der Waals surface area contributed by atoms with Gasteiger partial charge in [-0.3, -0.25) is 4.79 Å². The number of carboxylic acid groups (broad SMARTS) is 1. The first kappa shape index (κ1) is 23.2. The van der Waals surface area contributed by atoms with Gasteiger partial charge in [-0.05, 0) is 25.7 Å². The second-order valence-electron chi connectivity index (χ2n) is 5.73. The summed E-state index contributed by atoms with van der Waals surface area (Å²) in [6.45, 7) is 2.24. The zero-order chi connectivity index (χ0) is 14.9. The molecule has 1 N–H and O–H groups in total. The molecule has 0 aromatic rings. The summed E-state index contributed by atoms with van der Waals surface area (Å²) in [5.41, 5.74) is 0. The molecule has 0 spiro atoms. The fourth-order valence-corrected chi connectivity index (χ4v) is 2.33. The van der Waals surface area contributed by atoms with Crippen LogP contribution in [0.4, 0.5) is 0 Å². The van der Waals surface area contributed by atoms with E-state index < -0.39 is 5.97 Å². The minimum absolute atomic E-state index is 0. The third kappa shape index (κ3) is 22.4. The Hall–Kier alpha value is -0.0238. The molecule has 0 aliphatic carbocycles. The SMILES string of the molecule is CCCCC=CCCCCCCCCCCCC(=O)O.[H-].[H-].[Mg+2]. The quantitative estimate of drug-likeness (QED) is 0.230. The summed E-state index contributed by atoms with van der Waals surface area (Å²) in [4.78, 5) is 10.3. The Morgan fingerprint density at radius 2 is 1.24 bits per heavy atom. The molecule has 0 radical (unpaired) electrons. The Morgan fingerprint density at radius 1 is 0.810 bits per heavy atom. The average Bonchev–Trinajstić information content (AvgIpc) is 2.43. The molecule has 0 heterocycles. The molecule has 0 aromatic carbocycles. The standard InChI is InChI=1S/C18H34O2.Mg.2H/c1-2-3-4-5-6-7-8-9-10-11-12-13-14-15-16-17-18(19)20;;;/h5-6H,2-4,7-17H2,1H3,(H,19,20);;;/q;+2;2*-1. The third-order valence-electron chi connectivity index (χ3n) is 3.65. The Labute approximate surface area is 150 Å². The Kier molecular flexibility index (Phi) is 22.1. The van der Waals surface area contributed by atoms with Crippen LogP contribution in [0.5, 0.6) is 0 Å². The van der Waals surface area contributed by atoms with Crippen molar-refractivity contribution in [2.24, 2.45) is 0 Å². The van der Waals surface area contributed by atoms with Crippen molar-refractivity contribution in [1.29, 1.82) is 0 Å². The normalized spacial score (nSPS) is 10.7. The van der Waals surface area contributed by atoms with Crippen molar-refractivity contribution in [1.82, 2.24) is 0 Å². The molecule has 0 amide bonds. The van der Waals surface area contributed by atoms with E-state index in [2.05, 4.69) is 19.1 Å². The van der Waals surface area contributed by atoms with Crippen molar-refractivity contribution in [3.63, 3.8) is 0 Å². The molecule has 0 aromatic heterocycles. The summed E-state index contributed by atoms with van der Waals surface area (Å²) >= 11 is 0. The molecule has 0 bridgehead atoms. The van der Waals surface area contributed by atoms with E-state index in [1.807, 2.05) is 0 Å². The van der Waals surface area contributed by atoms with E-state index in [9.17, 15) is 4.79 Å². The largest absolute Gasteiger partial charge is 2.00 e. The summed E-state index contributed by atoms with van der Waals surface area (Å²) in [5.74, 6) is -0.659. The van der Waals surface area contributed by atoms with Crippen LogP contribution in [0.15, 0.2) is 12.2 Å². The van der Waals surface area contributed by atoms with Crippen LogP contribution in [0.2, 0.25) is 0 Å². The Morgan fingerprint density at radius 3 is 1.71 bits per heavy atom. The van der Waals surface area contributed by atoms with Gasteiger partial charge in [-0.15, -0.1) is 0 Å². The van der Waals surface area contributed by atoms with Crippen LogP contribution in [0.25, 0.3) is 0 Å². The molecule has 2 nitrogen and oxygen atoms in total. The van der Waals surface area contributed by atoms with E-state index in [-0.39, 0.29) is 25.9 Å². The molecule has 0 saturated carbocycles. The van der Waals surface area contributed by atoms with Gasteiger partial charge in [0.05, 0.1) is 0 Å². The van der Waals surface area contributed by atoms with Crippen molar-refractivity contribution >= 4 is 29.0 Å². The number of unbranched alkanes of at least 4 members (excludes halogenated alkanes) is 11. The summed E-state index contributed by atoms with van der Waals surface area (Å²) in [6, 6.07) is 0. The molecule has 21 heavy (non-hydrogen) atoms. The summed E-state index contributed by atoms with van der Waals surface area (Å²) in [5, 5.41) is 8.51. The van der Waals surface area contributed by atoms with Crippen molar-refractivity contribution in [2.45, 2.75) is 96.8 Å². The smallest absolute Gasteiger partial charge is 1.00 e. The van der Waals surface area contributed by atoms with Gasteiger partial charge in [0, 0.05) is 6.42 Å². The molecule has 0 fully saturated rings. The van der Waals surface area contributed by atoms with Crippen LogP contribution < -0.4 is 0 Å². The van der Waals surface area contributed by atoms with E-state index >= 15 is 0 Å². The molecule has 122 valence electrons. The van der Waals surface area contributed by atoms with Crippen LogP contribution in [0.3, 0.4) is 0 Å². The number of carbonyl (C=O) groups is 1. The number of hydrogen-bond acceptors (Lipinski definition) is 1. The van der Waals surface area contributed by atoms with Gasteiger partial charge >= 0.3 is 29.0 Å². The topological polar surface area (TPSA) is 37.3 Å². The molecule has 0 unspecified atom stereocenters. The van der Waals surface area contributed by atoms with Gasteiger partial charge in [0.1, 0.15) is 0 Å². The summed E-state index contributed by atoms with van der Waals surface area (Å²) in [6.07, 6.45) is 21.2. The van der Waals surface area contributed by atoms with Crippen molar-refractivity contribution < 1.29 is 12.8 Å². The third-order valence-corrected chi connectivity index (χ3v) is 3.65. The average molecular weight is 309 g/mol. The van der Waals surface area contributed by atoms with Crippen molar-refractivity contribution in [2.75, 3.05) is 0 Å². The summed E-state index contributed by atoms with van der Waals surface area (Å²) in [7, 11) is 0. The fraction of sp³-hybridized carbons (Fsp3) is 0.833. The molecule has 0 saturated heterocycles. The zero-order valence-electron chi connectivity index (χ0n) is 16.1. The summed E-state index contributed by atoms with van der Waals surface area (Å²) < 4.78 is 0. The van der Waals surface area contributed by atoms with Crippen molar-refractivity contribution in [3.8, 4) is 0 Å². The number of aliphatic carboxylic acids is 1. The zero-order valence-corrected chi connectivity index (χ0v) is 15.5. The second kappa shape index (κ2) is 20.0. The Bertz CT molecular complexity index is 249. The van der Waals surface area contributed by atoms with E-state index in [0.717, 1.165) is 12.8 Å². The van der Waals surface area contributed by atoms with Gasteiger partial charge in [-0.2, -0.15) is 0 Å². The van der Waals surface area contributed by atoms with E-state index in [1.165, 1.54) is 70.6 Å². The first-order chi connectivity index (χ1) is 9.77. The predicted molar refractivity (Wildman–Crippen MR) is 95.1 cm³/mol. The van der Waals surface area contributed by atoms with Gasteiger partial charge in [0.2, 0.25) is 0 Å². The van der Waals surface area contributed by atoms with Crippen LogP contribution >= 0.6 is 0 Å². The van der Waals surface area contributed by atoms with Crippen LogP contribution in [0.1, 0.15) is 99.7 Å². The van der Waals surface area contributed by atoms with Crippen LogP contribution in [0, 0.1) is 0 Å². The van der Waals surface area contributed by atoms with Crippen LogP contribution in [-0.4, -0.2) is 34.1 Å². The van der Waals surface area contributed by atoms with E-state index in [0.29, 0.717) is 6.42 Å². The predicted octanol–water partition coefficient (Wildman–Crippen LogP) is 5.95. The fourth-order valence-electron chi connectivity index (χ4n) is 2.33. The maximum absolute atomic E-state index is 10.3. The van der Waals surface area contributed by atoms with E-state index in [4.69, 9.17) is 5.11 Å². The first-order valence-corrected chi connectivity index (χ1v) is 8.64. The maximum atomic E-state index is 10.3. The van der Waals surface area contributed by atoms with Crippen LogP contribution in [-0.2, 0) is 4.79 Å². The molecule has 0 aliphatic rings. The molecular weight excluding hydrogens is 273 g/mol. The molecule has 0 rings (SSSR count). The number of rotatable bonds is 15. The minimum Gasteiger partial charge on any atom is -1.00 e. The minimum atomic E-state index is -0.659. The first-order valence-electron chi connectivity index (χ1n) is 8.64. The van der Waals surface area contributed by atoms with Gasteiger partial charge in [-0.1, -0.05) is 76.9 Å². The number of hydrogen-bond donors (Lipinski definition) is 1. The Balaban J connectivity index is -0.000000602. The molecule has 0 aliphatic heterocycles. The molecular formula is C18H36MgO2. The second-order valence-corrected chi connectivity index (χ2v) is 5.73. The van der Waals surface area contributed by atoms with Gasteiger partial charge in [0.15, 0.2) is 0 Å². The van der Waals surface area contributed by atoms with Gasteiger partial charge in [-0.25, -0.2) is 0 Å². The molecule has 3 heteroatoms.